The summed E-state index contributed by atoms with van der Waals surface area (Å²) < 4.78 is 5.94. The summed E-state index contributed by atoms with van der Waals surface area (Å²) in [5, 5.41) is 9.51. The average molecular weight is 274 g/mol. The second kappa shape index (κ2) is 5.37. The van der Waals surface area contributed by atoms with E-state index in [2.05, 4.69) is 15.9 Å². The summed E-state index contributed by atoms with van der Waals surface area (Å²) in [5.74, 6) is 0.645. The van der Waals surface area contributed by atoms with Gasteiger partial charge in [0.25, 0.3) is 0 Å². The molecule has 3 N–H and O–H groups in total. The first kappa shape index (κ1) is 12.3. The number of aromatic hydroxyl groups is 1. The highest BCUT2D eigenvalue weighted by molar-refractivity contribution is 9.10. The largest absolute Gasteiger partial charge is 0.504 e. The van der Waals surface area contributed by atoms with E-state index in [1.54, 1.807) is 6.07 Å². The second-order valence-electron chi connectivity index (χ2n) is 3.63. The molecular formula is C11H16BrNO2. The summed E-state index contributed by atoms with van der Waals surface area (Å²) >= 11 is 3.40. The Kier molecular flexibility index (Phi) is 4.42. The van der Waals surface area contributed by atoms with Gasteiger partial charge in [0.2, 0.25) is 0 Å². The predicted molar refractivity (Wildman–Crippen MR) is 64.3 cm³/mol. The van der Waals surface area contributed by atoms with E-state index in [1.807, 2.05) is 13.0 Å². The molecule has 0 radical (unpaired) electrons. The van der Waals surface area contributed by atoms with Crippen molar-refractivity contribution in [2.75, 3.05) is 7.11 Å². The molecule has 0 aromatic heterocycles. The van der Waals surface area contributed by atoms with Gasteiger partial charge in [-0.25, -0.2) is 0 Å². The predicted octanol–water partition coefficient (Wildman–Crippen LogP) is 2.44. The van der Waals surface area contributed by atoms with Crippen molar-refractivity contribution in [3.05, 3.63) is 22.2 Å². The van der Waals surface area contributed by atoms with E-state index in [1.165, 1.54) is 7.11 Å². The van der Waals surface area contributed by atoms with E-state index in [0.29, 0.717) is 5.75 Å². The Hall–Kier alpha value is -0.740. The molecule has 0 unspecified atom stereocenters. The quantitative estimate of drug-likeness (QED) is 0.886. The minimum atomic E-state index is 0.147. The summed E-state index contributed by atoms with van der Waals surface area (Å²) in [6.07, 6.45) is 1.78. The maximum Gasteiger partial charge on any atom is 0.160 e. The van der Waals surface area contributed by atoms with Crippen LogP contribution in [-0.2, 0) is 6.42 Å². The van der Waals surface area contributed by atoms with E-state index >= 15 is 0 Å². The zero-order chi connectivity index (χ0) is 11.4. The summed E-state index contributed by atoms with van der Waals surface area (Å²) in [6, 6.07) is 3.66. The number of methoxy groups -OCH3 is 1. The maximum absolute atomic E-state index is 9.51. The number of halogens is 1. The molecule has 1 aromatic rings. The fraction of sp³-hybridized carbons (Fsp3) is 0.455. The zero-order valence-electron chi connectivity index (χ0n) is 8.96. The molecule has 1 atom stereocenters. The molecule has 0 aliphatic heterocycles. The van der Waals surface area contributed by atoms with Crippen molar-refractivity contribution in [3.8, 4) is 11.5 Å². The van der Waals surface area contributed by atoms with Crippen LogP contribution in [-0.4, -0.2) is 18.3 Å². The molecule has 15 heavy (non-hydrogen) atoms. The molecule has 1 aromatic carbocycles. The van der Waals surface area contributed by atoms with Crippen LogP contribution in [0.1, 0.15) is 18.9 Å². The highest BCUT2D eigenvalue weighted by Gasteiger charge is 2.08. The van der Waals surface area contributed by atoms with Gasteiger partial charge in [-0.15, -0.1) is 0 Å². The Morgan fingerprint density at radius 1 is 1.53 bits per heavy atom. The minimum absolute atomic E-state index is 0.147. The van der Waals surface area contributed by atoms with Crippen LogP contribution < -0.4 is 10.5 Å². The third kappa shape index (κ3) is 3.39. The van der Waals surface area contributed by atoms with Gasteiger partial charge in [-0.2, -0.15) is 0 Å². The Morgan fingerprint density at radius 2 is 2.20 bits per heavy atom. The van der Waals surface area contributed by atoms with Gasteiger partial charge in [0, 0.05) is 10.5 Å². The number of phenolic OH excluding ortho intramolecular Hbond substituents is 1. The molecule has 0 heterocycles. The van der Waals surface area contributed by atoms with Crippen LogP contribution in [0.5, 0.6) is 11.5 Å². The van der Waals surface area contributed by atoms with Gasteiger partial charge in [-0.1, -0.05) is 15.9 Å². The van der Waals surface area contributed by atoms with Crippen LogP contribution >= 0.6 is 15.9 Å². The van der Waals surface area contributed by atoms with Gasteiger partial charge in [0.1, 0.15) is 0 Å². The van der Waals surface area contributed by atoms with Crippen LogP contribution in [0.15, 0.2) is 16.6 Å². The smallest absolute Gasteiger partial charge is 0.160 e. The van der Waals surface area contributed by atoms with Crippen LogP contribution in [0, 0.1) is 0 Å². The van der Waals surface area contributed by atoms with Crippen molar-refractivity contribution in [1.82, 2.24) is 0 Å². The second-order valence-corrected chi connectivity index (χ2v) is 4.49. The van der Waals surface area contributed by atoms with Crippen molar-refractivity contribution < 1.29 is 9.84 Å². The highest BCUT2D eigenvalue weighted by Crippen LogP contribution is 2.32. The lowest BCUT2D eigenvalue weighted by Gasteiger charge is -2.10. The zero-order valence-corrected chi connectivity index (χ0v) is 10.5. The molecule has 84 valence electrons. The Balaban J connectivity index is 2.87. The topological polar surface area (TPSA) is 55.5 Å². The van der Waals surface area contributed by atoms with Crippen LogP contribution in [0.25, 0.3) is 0 Å². The minimum Gasteiger partial charge on any atom is -0.504 e. The normalized spacial score (nSPS) is 12.5. The van der Waals surface area contributed by atoms with Crippen LogP contribution in [0.4, 0.5) is 0 Å². The molecule has 0 spiro atoms. The summed E-state index contributed by atoms with van der Waals surface area (Å²) in [4.78, 5) is 0. The van der Waals surface area contributed by atoms with Gasteiger partial charge in [-0.3, -0.25) is 0 Å². The first-order valence-corrected chi connectivity index (χ1v) is 5.65. The van der Waals surface area contributed by atoms with Crippen molar-refractivity contribution >= 4 is 15.9 Å². The number of nitrogens with two attached hydrogens (primary N) is 1. The van der Waals surface area contributed by atoms with Gasteiger partial charge >= 0.3 is 0 Å². The first-order valence-electron chi connectivity index (χ1n) is 4.85. The van der Waals surface area contributed by atoms with Gasteiger partial charge in [0.05, 0.1) is 7.11 Å². The number of hydrogen-bond acceptors (Lipinski definition) is 3. The fourth-order valence-corrected chi connectivity index (χ4v) is 1.85. The molecule has 4 heteroatoms. The Bertz CT molecular complexity index is 340. The number of rotatable bonds is 4. The summed E-state index contributed by atoms with van der Waals surface area (Å²) in [6.45, 7) is 1.98. The molecule has 0 amide bonds. The molecule has 0 aliphatic carbocycles. The lowest BCUT2D eigenvalue weighted by Crippen LogP contribution is -2.15. The van der Waals surface area contributed by atoms with Crippen LogP contribution in [0.3, 0.4) is 0 Å². The molecule has 0 fully saturated rings. The fourth-order valence-electron chi connectivity index (χ4n) is 1.32. The lowest BCUT2D eigenvalue weighted by molar-refractivity contribution is 0.372. The first-order chi connectivity index (χ1) is 7.04. The summed E-state index contributed by atoms with van der Waals surface area (Å²) in [5.41, 5.74) is 6.79. The Morgan fingerprint density at radius 3 is 2.73 bits per heavy atom. The number of phenols is 1. The average Bonchev–Trinajstić information content (AvgIpc) is 2.16. The molecule has 0 aliphatic rings. The number of hydrogen-bond donors (Lipinski definition) is 2. The van der Waals surface area contributed by atoms with E-state index in [4.69, 9.17) is 10.5 Å². The van der Waals surface area contributed by atoms with Crippen molar-refractivity contribution in [2.45, 2.75) is 25.8 Å². The van der Waals surface area contributed by atoms with Crippen LogP contribution in [0.2, 0.25) is 0 Å². The third-order valence-corrected chi connectivity index (χ3v) is 2.96. The van der Waals surface area contributed by atoms with Gasteiger partial charge in [-0.05, 0) is 37.5 Å². The molecule has 0 bridgehead atoms. The number of aryl methyl sites for hydroxylation is 1. The molecule has 0 saturated heterocycles. The van der Waals surface area contributed by atoms with Gasteiger partial charge in [0.15, 0.2) is 11.5 Å². The molecular weight excluding hydrogens is 258 g/mol. The number of ether oxygens (including phenoxy) is 1. The monoisotopic (exact) mass is 273 g/mol. The third-order valence-electron chi connectivity index (χ3n) is 2.22. The molecule has 1 rings (SSSR count). The van der Waals surface area contributed by atoms with Crippen molar-refractivity contribution in [2.24, 2.45) is 5.73 Å². The standard InChI is InChI=1S/C11H16BrNO2/c1-7(13)3-4-8-5-11(15-2)10(14)6-9(8)12/h5-7,14H,3-4,13H2,1-2H3/t7-/m0/s1. The lowest BCUT2D eigenvalue weighted by atomic mass is 10.1. The summed E-state index contributed by atoms with van der Waals surface area (Å²) in [7, 11) is 1.54. The SMILES string of the molecule is COc1cc(CC[C@H](C)N)c(Br)cc1O. The molecule has 0 saturated carbocycles. The highest BCUT2D eigenvalue weighted by atomic mass is 79.9. The Labute approximate surface area is 98.4 Å². The maximum atomic E-state index is 9.51. The number of benzene rings is 1. The molecule has 3 nitrogen and oxygen atoms in total. The van der Waals surface area contributed by atoms with Crippen molar-refractivity contribution in [1.29, 1.82) is 0 Å². The van der Waals surface area contributed by atoms with E-state index < -0.39 is 0 Å². The van der Waals surface area contributed by atoms with Crippen molar-refractivity contribution in [3.63, 3.8) is 0 Å². The van der Waals surface area contributed by atoms with E-state index in [9.17, 15) is 5.11 Å². The van der Waals surface area contributed by atoms with Gasteiger partial charge < -0.3 is 15.6 Å². The van der Waals surface area contributed by atoms with E-state index in [0.717, 1.165) is 22.9 Å². The van der Waals surface area contributed by atoms with E-state index in [-0.39, 0.29) is 11.8 Å².